The minimum absolute atomic E-state index is 0.0275. The molecule has 0 bridgehead atoms. The van der Waals surface area contributed by atoms with Gasteiger partial charge >= 0.3 is 0 Å². The molecule has 7 nitrogen and oxygen atoms in total. The fourth-order valence-electron chi connectivity index (χ4n) is 3.10. The minimum Gasteiger partial charge on any atom is -0.497 e. The Labute approximate surface area is 187 Å². The quantitative estimate of drug-likeness (QED) is 0.399. The van der Waals surface area contributed by atoms with Gasteiger partial charge in [0.05, 0.1) is 32.9 Å². The van der Waals surface area contributed by atoms with E-state index in [0.717, 1.165) is 5.56 Å². The Hall–Kier alpha value is -4.13. The third-order valence-electron chi connectivity index (χ3n) is 4.77. The van der Waals surface area contributed by atoms with E-state index < -0.39 is 6.04 Å². The lowest BCUT2D eigenvalue weighted by Gasteiger charge is -2.18. The van der Waals surface area contributed by atoms with Gasteiger partial charge in [0.2, 0.25) is 5.91 Å². The molecule has 0 aliphatic heterocycles. The summed E-state index contributed by atoms with van der Waals surface area (Å²) in [5, 5.41) is 6.97. The summed E-state index contributed by atoms with van der Waals surface area (Å²) >= 11 is 0. The molecule has 3 aromatic carbocycles. The van der Waals surface area contributed by atoms with Crippen LogP contribution in [0.5, 0.6) is 11.5 Å². The Kier molecular flexibility index (Phi) is 7.97. The second-order valence-electron chi connectivity index (χ2n) is 6.91. The Balaban J connectivity index is 1.67. The van der Waals surface area contributed by atoms with Gasteiger partial charge in [-0.05, 0) is 29.8 Å². The third kappa shape index (κ3) is 6.18. The summed E-state index contributed by atoms with van der Waals surface area (Å²) in [6.45, 7) is 0. The van der Waals surface area contributed by atoms with Crippen LogP contribution in [0.1, 0.15) is 33.9 Å². The monoisotopic (exact) mass is 431 g/mol. The molecule has 0 saturated carbocycles. The van der Waals surface area contributed by atoms with Gasteiger partial charge in [0.1, 0.15) is 11.5 Å². The van der Waals surface area contributed by atoms with Crippen LogP contribution in [0.2, 0.25) is 0 Å². The molecule has 0 fully saturated rings. The first-order chi connectivity index (χ1) is 15.6. The molecule has 1 atom stereocenters. The Morgan fingerprint density at radius 2 is 1.62 bits per heavy atom. The number of hydrogen-bond acceptors (Lipinski definition) is 5. The number of ether oxygens (including phenoxy) is 2. The lowest BCUT2D eigenvalue weighted by molar-refractivity contribution is -0.121. The molecule has 2 amide bonds. The molecule has 0 aliphatic rings. The number of nitrogens with one attached hydrogen (secondary N) is 2. The Bertz CT molecular complexity index is 1070. The topological polar surface area (TPSA) is 89.0 Å². The third-order valence-corrected chi connectivity index (χ3v) is 4.77. The highest BCUT2D eigenvalue weighted by Crippen LogP contribution is 2.23. The van der Waals surface area contributed by atoms with Crippen molar-refractivity contribution in [3.63, 3.8) is 0 Å². The summed E-state index contributed by atoms with van der Waals surface area (Å²) in [6.07, 6.45) is 1.52. The van der Waals surface area contributed by atoms with E-state index in [2.05, 4.69) is 15.8 Å². The largest absolute Gasteiger partial charge is 0.497 e. The van der Waals surface area contributed by atoms with E-state index in [1.54, 1.807) is 56.7 Å². The van der Waals surface area contributed by atoms with Crippen molar-refractivity contribution in [2.75, 3.05) is 14.2 Å². The number of carbonyl (C=O) groups excluding carboxylic acids is 2. The lowest BCUT2D eigenvalue weighted by atomic mass is 10.0. The molecule has 0 radical (unpaired) electrons. The van der Waals surface area contributed by atoms with E-state index in [-0.39, 0.29) is 18.2 Å². The molecule has 0 spiro atoms. The molecule has 0 aromatic heterocycles. The molecule has 0 unspecified atom stereocenters. The van der Waals surface area contributed by atoms with Crippen LogP contribution >= 0.6 is 0 Å². The summed E-state index contributed by atoms with van der Waals surface area (Å²) in [5.41, 5.74) is 4.56. The van der Waals surface area contributed by atoms with Crippen LogP contribution in [0.25, 0.3) is 0 Å². The van der Waals surface area contributed by atoms with E-state index in [4.69, 9.17) is 9.47 Å². The minimum atomic E-state index is -0.505. The first kappa shape index (κ1) is 22.6. The second kappa shape index (κ2) is 11.3. The van der Waals surface area contributed by atoms with Crippen LogP contribution < -0.4 is 20.2 Å². The van der Waals surface area contributed by atoms with Gasteiger partial charge in [-0.15, -0.1) is 0 Å². The zero-order chi connectivity index (χ0) is 22.8. The normalized spacial score (nSPS) is 11.6. The van der Waals surface area contributed by atoms with Crippen molar-refractivity contribution in [2.45, 2.75) is 12.5 Å². The summed E-state index contributed by atoms with van der Waals surface area (Å²) in [6, 6.07) is 23.0. The van der Waals surface area contributed by atoms with Gasteiger partial charge in [-0.3, -0.25) is 9.59 Å². The van der Waals surface area contributed by atoms with Gasteiger partial charge in [-0.25, -0.2) is 5.43 Å². The molecule has 164 valence electrons. The van der Waals surface area contributed by atoms with Gasteiger partial charge in [0.15, 0.2) is 0 Å². The zero-order valence-corrected chi connectivity index (χ0v) is 17.9. The summed E-state index contributed by atoms with van der Waals surface area (Å²) in [4.78, 5) is 25.2. The van der Waals surface area contributed by atoms with Crippen molar-refractivity contribution in [1.82, 2.24) is 10.7 Å². The van der Waals surface area contributed by atoms with Crippen LogP contribution in [-0.2, 0) is 4.79 Å². The molecule has 3 aromatic rings. The highest BCUT2D eigenvalue weighted by Gasteiger charge is 2.19. The SMILES string of the molecule is COc1ccc(/C=N\NC(=O)C[C@@H](NC(=O)c2ccccc2)c2ccccc2)c(OC)c1. The van der Waals surface area contributed by atoms with Crippen molar-refractivity contribution >= 4 is 18.0 Å². The summed E-state index contributed by atoms with van der Waals surface area (Å²) < 4.78 is 10.5. The van der Waals surface area contributed by atoms with Crippen LogP contribution in [0.15, 0.2) is 84.0 Å². The molecule has 0 aliphatic carbocycles. The molecular formula is C25H25N3O4. The van der Waals surface area contributed by atoms with Crippen molar-refractivity contribution in [3.05, 3.63) is 95.6 Å². The van der Waals surface area contributed by atoms with Crippen molar-refractivity contribution in [2.24, 2.45) is 5.10 Å². The molecule has 3 rings (SSSR count). The van der Waals surface area contributed by atoms with E-state index in [9.17, 15) is 9.59 Å². The second-order valence-corrected chi connectivity index (χ2v) is 6.91. The lowest BCUT2D eigenvalue weighted by Crippen LogP contribution is -2.32. The summed E-state index contributed by atoms with van der Waals surface area (Å²) in [5.74, 6) is 0.636. The number of carbonyl (C=O) groups is 2. The van der Waals surface area contributed by atoms with Crippen molar-refractivity contribution in [1.29, 1.82) is 0 Å². The highest BCUT2D eigenvalue weighted by atomic mass is 16.5. The van der Waals surface area contributed by atoms with Crippen LogP contribution in [0, 0.1) is 0 Å². The van der Waals surface area contributed by atoms with Gasteiger partial charge < -0.3 is 14.8 Å². The Morgan fingerprint density at radius 3 is 2.28 bits per heavy atom. The smallest absolute Gasteiger partial charge is 0.251 e. The van der Waals surface area contributed by atoms with Gasteiger partial charge in [-0.2, -0.15) is 5.10 Å². The number of hydrogen-bond donors (Lipinski definition) is 2. The van der Waals surface area contributed by atoms with Gasteiger partial charge in [0, 0.05) is 17.2 Å². The molecule has 0 saturated heterocycles. The maximum absolute atomic E-state index is 12.6. The molecule has 32 heavy (non-hydrogen) atoms. The van der Waals surface area contributed by atoms with E-state index in [1.807, 2.05) is 36.4 Å². The zero-order valence-electron chi connectivity index (χ0n) is 17.9. The number of rotatable bonds is 9. The fraction of sp³-hybridized carbons (Fsp3) is 0.160. The highest BCUT2D eigenvalue weighted by molar-refractivity contribution is 5.94. The number of hydrazone groups is 1. The maximum atomic E-state index is 12.6. The average Bonchev–Trinajstić information content (AvgIpc) is 2.84. The van der Waals surface area contributed by atoms with E-state index in [1.165, 1.54) is 6.21 Å². The molecule has 2 N–H and O–H groups in total. The predicted octanol–water partition coefficient (Wildman–Crippen LogP) is 3.72. The molecular weight excluding hydrogens is 406 g/mol. The number of benzene rings is 3. The van der Waals surface area contributed by atoms with E-state index >= 15 is 0 Å². The van der Waals surface area contributed by atoms with Crippen LogP contribution in [-0.4, -0.2) is 32.2 Å². The predicted molar refractivity (Wildman–Crippen MR) is 123 cm³/mol. The van der Waals surface area contributed by atoms with Gasteiger partial charge in [-0.1, -0.05) is 48.5 Å². The Morgan fingerprint density at radius 1 is 0.938 bits per heavy atom. The summed E-state index contributed by atoms with van der Waals surface area (Å²) in [7, 11) is 3.12. The van der Waals surface area contributed by atoms with Crippen molar-refractivity contribution < 1.29 is 19.1 Å². The maximum Gasteiger partial charge on any atom is 0.251 e. The standard InChI is InChI=1S/C25H25N3O4/c1-31-21-14-13-20(23(15-21)32-2)17-26-28-24(29)16-22(18-9-5-3-6-10-18)27-25(30)19-11-7-4-8-12-19/h3-15,17,22H,16H2,1-2H3,(H,27,30)(H,28,29)/b26-17-/t22-/m1/s1. The van der Waals surface area contributed by atoms with Gasteiger partial charge in [0.25, 0.3) is 5.91 Å². The molecule has 7 heteroatoms. The average molecular weight is 431 g/mol. The van der Waals surface area contributed by atoms with E-state index in [0.29, 0.717) is 22.6 Å². The van der Waals surface area contributed by atoms with Crippen molar-refractivity contribution in [3.8, 4) is 11.5 Å². The number of amides is 2. The number of nitrogens with zero attached hydrogens (tertiary/aromatic N) is 1. The fourth-order valence-corrected chi connectivity index (χ4v) is 3.10. The molecule has 0 heterocycles. The first-order valence-corrected chi connectivity index (χ1v) is 10.1. The first-order valence-electron chi connectivity index (χ1n) is 10.1. The number of methoxy groups -OCH3 is 2. The van der Waals surface area contributed by atoms with Crippen LogP contribution in [0.4, 0.5) is 0 Å². The van der Waals surface area contributed by atoms with Crippen LogP contribution in [0.3, 0.4) is 0 Å².